The number of benzene rings is 1. The van der Waals surface area contributed by atoms with Crippen molar-refractivity contribution in [1.29, 1.82) is 0 Å². The van der Waals surface area contributed by atoms with Crippen LogP contribution in [-0.4, -0.2) is 56.1 Å². The van der Waals surface area contributed by atoms with Crippen molar-refractivity contribution >= 4 is 44.5 Å². The highest BCUT2D eigenvalue weighted by Gasteiger charge is 2.43. The van der Waals surface area contributed by atoms with Gasteiger partial charge in [0.25, 0.3) is 15.7 Å². The van der Waals surface area contributed by atoms with Gasteiger partial charge in [0.1, 0.15) is 0 Å². The number of Topliss-reactive ketones (excluding diaryl/α,β-unsaturated/α-hetero) is 1. The molecule has 0 saturated heterocycles. The molecular weight excluding hydrogens is 456 g/mol. The number of carboxylic acids is 1. The number of nitrogen functional groups attached to an aromatic ring is 1. The molecule has 0 aliphatic rings. The number of nitrogens with two attached hydrogens (primary N) is 2. The Morgan fingerprint density at radius 3 is 2.48 bits per heavy atom. The highest BCUT2D eigenvalue weighted by molar-refractivity contribution is 7.85. The average molecular weight is 476 g/mol. The van der Waals surface area contributed by atoms with E-state index in [4.69, 9.17) is 16.0 Å². The first kappa shape index (κ1) is 23.8. The molecule has 0 spiro atoms. The minimum absolute atomic E-state index is 0.0390. The number of carbonyl (C=O) groups is 2. The lowest BCUT2D eigenvalue weighted by molar-refractivity contribution is -0.141. The fraction of sp³-hybridized carbons (Fsp3) is 0.211. The van der Waals surface area contributed by atoms with E-state index in [9.17, 15) is 27.9 Å². The van der Waals surface area contributed by atoms with E-state index in [1.807, 2.05) is 0 Å². The molecule has 2 aromatic heterocycles. The Bertz CT molecular complexity index is 1390. The molecule has 0 aliphatic carbocycles. The third-order valence-electron chi connectivity index (χ3n) is 4.82. The summed E-state index contributed by atoms with van der Waals surface area (Å²) in [7, 11) is -4.51. The highest BCUT2D eigenvalue weighted by atomic mass is 32.2. The number of aliphatic carboxylic acids is 1. The van der Waals surface area contributed by atoms with Crippen molar-refractivity contribution in [2.75, 3.05) is 16.8 Å². The number of nitrogens with one attached hydrogen (secondary N) is 2. The van der Waals surface area contributed by atoms with Crippen molar-refractivity contribution in [3.63, 3.8) is 0 Å². The predicted molar refractivity (Wildman–Crippen MR) is 118 cm³/mol. The average Bonchev–Trinajstić information content (AvgIpc) is 2.75. The first-order valence-corrected chi connectivity index (χ1v) is 11.0. The fourth-order valence-electron chi connectivity index (χ4n) is 2.99. The second-order valence-corrected chi connectivity index (χ2v) is 8.81. The summed E-state index contributed by atoms with van der Waals surface area (Å²) in [6.45, 7) is 0.268. The zero-order valence-electron chi connectivity index (χ0n) is 17.0. The first-order chi connectivity index (χ1) is 15.4. The summed E-state index contributed by atoms with van der Waals surface area (Å²) in [5.41, 5.74) is 9.60. The van der Waals surface area contributed by atoms with Gasteiger partial charge >= 0.3 is 5.97 Å². The Morgan fingerprint density at radius 1 is 1.21 bits per heavy atom. The third kappa shape index (κ3) is 5.49. The number of carbonyl (C=O) groups excluding carboxylic acids is 1. The van der Waals surface area contributed by atoms with Crippen molar-refractivity contribution in [1.82, 2.24) is 15.0 Å². The molecular formula is C19H20N6O7S. The number of carboxylic acid groups (broad SMARTS) is 1. The number of hydrogen-bond donors (Lipinski definition) is 6. The second kappa shape index (κ2) is 8.93. The molecule has 174 valence electrons. The monoisotopic (exact) mass is 476 g/mol. The number of hydrogen-bond acceptors (Lipinski definition) is 10. The van der Waals surface area contributed by atoms with E-state index >= 15 is 0 Å². The van der Waals surface area contributed by atoms with E-state index in [0.717, 1.165) is 0 Å². The van der Waals surface area contributed by atoms with E-state index in [-0.39, 0.29) is 29.1 Å². The Balaban J connectivity index is 1.73. The van der Waals surface area contributed by atoms with Crippen molar-refractivity contribution in [3.8, 4) is 0 Å². The molecule has 13 nitrogen and oxygen atoms in total. The quantitative estimate of drug-likeness (QED) is 0.133. The molecule has 0 unspecified atom stereocenters. The molecule has 1 atom stereocenters. The molecule has 0 aliphatic heterocycles. The number of pyridine rings is 1. The summed E-state index contributed by atoms with van der Waals surface area (Å²) >= 11 is 0. The van der Waals surface area contributed by atoms with Gasteiger partial charge in [-0.25, -0.2) is 9.78 Å². The van der Waals surface area contributed by atoms with E-state index in [1.54, 1.807) is 6.07 Å². The van der Waals surface area contributed by atoms with E-state index in [1.165, 1.54) is 30.5 Å². The largest absolute Gasteiger partial charge is 0.480 e. The summed E-state index contributed by atoms with van der Waals surface area (Å²) in [4.78, 5) is 46.6. The molecule has 0 radical (unpaired) electrons. The van der Waals surface area contributed by atoms with E-state index in [2.05, 4.69) is 20.3 Å². The summed E-state index contributed by atoms with van der Waals surface area (Å²) in [5.74, 6) is -3.74. The van der Waals surface area contributed by atoms with Gasteiger partial charge in [0.15, 0.2) is 17.0 Å². The van der Waals surface area contributed by atoms with Crippen LogP contribution in [-0.2, 0) is 21.5 Å². The first-order valence-electron chi connectivity index (χ1n) is 9.39. The zero-order valence-corrected chi connectivity index (χ0v) is 17.8. The Kier molecular flexibility index (Phi) is 6.44. The molecule has 3 rings (SSSR count). The normalized spacial score (nSPS) is 13.4. The van der Waals surface area contributed by atoms with Gasteiger partial charge in [-0.2, -0.15) is 13.4 Å². The van der Waals surface area contributed by atoms with Gasteiger partial charge in [-0.3, -0.25) is 19.1 Å². The molecule has 0 bridgehead atoms. The molecule has 3 aromatic rings. The van der Waals surface area contributed by atoms with Gasteiger partial charge in [-0.15, -0.1) is 0 Å². The minimum atomic E-state index is -4.51. The van der Waals surface area contributed by atoms with Gasteiger partial charge in [0.05, 0.1) is 11.1 Å². The van der Waals surface area contributed by atoms with Crippen molar-refractivity contribution in [3.05, 3.63) is 58.0 Å². The molecule has 2 heterocycles. The summed E-state index contributed by atoms with van der Waals surface area (Å²) in [5, 5.41) is 12.7. The maximum absolute atomic E-state index is 12.6. The second-order valence-electron chi connectivity index (χ2n) is 7.24. The minimum Gasteiger partial charge on any atom is -0.480 e. The number of ketones is 1. The fourth-order valence-corrected chi connectivity index (χ4v) is 3.57. The van der Waals surface area contributed by atoms with Gasteiger partial charge in [0, 0.05) is 24.0 Å². The Hall–Kier alpha value is -3.88. The lowest BCUT2D eigenvalue weighted by atomic mass is 9.87. The Morgan fingerprint density at radius 2 is 1.88 bits per heavy atom. The number of rotatable bonds is 9. The SMILES string of the molecule is Nc1nc2ncc(CNc3ccc(C(=O)[C@](N)(CCS(=O)(=O)O)C(=O)O)cc3)cc2c(=O)[nH]1. The van der Waals surface area contributed by atoms with Crippen LogP contribution >= 0.6 is 0 Å². The summed E-state index contributed by atoms with van der Waals surface area (Å²) in [6, 6.07) is 7.27. The van der Waals surface area contributed by atoms with Crippen LogP contribution in [0.25, 0.3) is 11.0 Å². The molecule has 0 saturated carbocycles. The van der Waals surface area contributed by atoms with Crippen molar-refractivity contribution < 1.29 is 27.7 Å². The summed E-state index contributed by atoms with van der Waals surface area (Å²) in [6.07, 6.45) is 0.721. The zero-order chi connectivity index (χ0) is 24.4. The third-order valence-corrected chi connectivity index (χ3v) is 5.54. The predicted octanol–water partition coefficient (Wildman–Crippen LogP) is -0.245. The number of H-pyrrole nitrogens is 1. The molecule has 1 aromatic carbocycles. The van der Waals surface area contributed by atoms with Gasteiger partial charge in [0.2, 0.25) is 5.95 Å². The van der Waals surface area contributed by atoms with Crippen LogP contribution in [0.4, 0.5) is 11.6 Å². The number of aromatic amines is 1. The molecule has 0 fully saturated rings. The van der Waals surface area contributed by atoms with Crippen molar-refractivity contribution in [2.24, 2.45) is 5.73 Å². The summed E-state index contributed by atoms with van der Waals surface area (Å²) < 4.78 is 30.8. The van der Waals surface area contributed by atoms with E-state index < -0.39 is 45.1 Å². The smallest absolute Gasteiger partial charge is 0.331 e. The molecule has 33 heavy (non-hydrogen) atoms. The molecule has 0 amide bonds. The Labute approximate surface area is 186 Å². The molecule has 14 heteroatoms. The van der Waals surface area contributed by atoms with Crippen molar-refractivity contribution in [2.45, 2.75) is 18.5 Å². The topological polar surface area (TPSA) is 231 Å². The number of aromatic nitrogens is 3. The van der Waals surface area contributed by atoms with Gasteiger partial charge < -0.3 is 21.9 Å². The molecule has 8 N–H and O–H groups in total. The van der Waals surface area contributed by atoms with Crippen LogP contribution in [0.15, 0.2) is 41.3 Å². The van der Waals surface area contributed by atoms with Crippen LogP contribution in [0.1, 0.15) is 22.3 Å². The standard InChI is InChI=1S/C19H20N6O7S/c20-18-24-15-13(16(27)25-18)7-10(9-23-15)8-22-12-3-1-11(2-4-12)14(26)19(21,17(28)29)5-6-33(30,31)32/h1-4,7,9,22H,5-6,8,21H2,(H,28,29)(H,30,31,32)(H3,20,23,24,25,27)/t19-/m1/s1. The van der Waals surface area contributed by atoms with Gasteiger partial charge in [-0.05, 0) is 42.3 Å². The van der Waals surface area contributed by atoms with Crippen LogP contribution in [0.5, 0.6) is 0 Å². The van der Waals surface area contributed by atoms with Crippen LogP contribution < -0.4 is 22.3 Å². The van der Waals surface area contributed by atoms with Crippen LogP contribution in [0, 0.1) is 0 Å². The van der Waals surface area contributed by atoms with Gasteiger partial charge in [-0.1, -0.05) is 0 Å². The lowest BCUT2D eigenvalue weighted by Crippen LogP contribution is -2.55. The van der Waals surface area contributed by atoms with Crippen LogP contribution in [0.3, 0.4) is 0 Å². The lowest BCUT2D eigenvalue weighted by Gasteiger charge is -2.22. The number of anilines is 2. The highest BCUT2D eigenvalue weighted by Crippen LogP contribution is 2.19. The maximum Gasteiger partial charge on any atom is 0.331 e. The number of fused-ring (bicyclic) bond motifs is 1. The van der Waals surface area contributed by atoms with E-state index in [0.29, 0.717) is 11.3 Å². The number of nitrogens with zero attached hydrogens (tertiary/aromatic N) is 2. The maximum atomic E-state index is 12.6. The van der Waals surface area contributed by atoms with Crippen LogP contribution in [0.2, 0.25) is 0 Å².